The fourth-order valence-corrected chi connectivity index (χ4v) is 3.26. The molecule has 1 heterocycles. The molecule has 0 saturated heterocycles. The second kappa shape index (κ2) is 5.11. The summed E-state index contributed by atoms with van der Waals surface area (Å²) < 4.78 is 0. The van der Waals surface area contributed by atoms with Crippen LogP contribution in [0.25, 0.3) is 10.9 Å². The molecule has 0 unspecified atom stereocenters. The van der Waals surface area contributed by atoms with Crippen LogP contribution in [0.3, 0.4) is 0 Å². The van der Waals surface area contributed by atoms with Gasteiger partial charge in [-0.3, -0.25) is 0 Å². The summed E-state index contributed by atoms with van der Waals surface area (Å²) in [5, 5.41) is 15.0. The molecule has 3 nitrogen and oxygen atoms in total. The molecule has 0 bridgehead atoms. The topological polar surface area (TPSA) is 45.2 Å². The Morgan fingerprint density at radius 2 is 1.86 bits per heavy atom. The Bertz CT molecular complexity index is 844. The first-order chi connectivity index (χ1) is 10.7. The lowest BCUT2D eigenvalue weighted by molar-refractivity contribution is 0.165. The van der Waals surface area contributed by atoms with E-state index >= 15 is 0 Å². The molecule has 0 radical (unpaired) electrons. The van der Waals surface area contributed by atoms with Crippen molar-refractivity contribution in [3.05, 3.63) is 71.3 Å². The largest absolute Gasteiger partial charge is 0.390 e. The van der Waals surface area contributed by atoms with Crippen molar-refractivity contribution in [2.45, 2.75) is 25.5 Å². The molecule has 0 spiro atoms. The average molecular weight is 290 g/mol. The van der Waals surface area contributed by atoms with Crippen LogP contribution in [0.2, 0.25) is 0 Å². The van der Waals surface area contributed by atoms with E-state index < -0.39 is 6.10 Å². The summed E-state index contributed by atoms with van der Waals surface area (Å²) in [7, 11) is 0. The first-order valence-corrected chi connectivity index (χ1v) is 7.61. The predicted molar refractivity (Wildman–Crippen MR) is 89.0 cm³/mol. The van der Waals surface area contributed by atoms with Crippen LogP contribution in [0.4, 0.5) is 5.82 Å². The van der Waals surface area contributed by atoms with Crippen LogP contribution in [0, 0.1) is 6.92 Å². The second-order valence-corrected chi connectivity index (χ2v) is 5.94. The number of fused-ring (bicyclic) bond motifs is 2. The number of hydrogen-bond acceptors (Lipinski definition) is 3. The SMILES string of the molecule is Cc1cc2ccccc2nc1N[C@H]1c2ccccc2C[C@H]1O. The number of benzene rings is 2. The van der Waals surface area contributed by atoms with Crippen molar-refractivity contribution in [1.82, 2.24) is 4.98 Å². The Balaban J connectivity index is 1.73. The third-order valence-corrected chi connectivity index (χ3v) is 4.41. The highest BCUT2D eigenvalue weighted by molar-refractivity contribution is 5.81. The van der Waals surface area contributed by atoms with Gasteiger partial charge in [0.2, 0.25) is 0 Å². The normalized spacial score (nSPS) is 20.1. The molecule has 3 aromatic rings. The molecular weight excluding hydrogens is 272 g/mol. The van der Waals surface area contributed by atoms with Crippen LogP contribution < -0.4 is 5.32 Å². The molecule has 0 fully saturated rings. The molecule has 2 aromatic carbocycles. The summed E-state index contributed by atoms with van der Waals surface area (Å²) in [5.74, 6) is 0.847. The molecule has 3 heteroatoms. The van der Waals surface area contributed by atoms with E-state index in [0.717, 1.165) is 22.3 Å². The molecule has 22 heavy (non-hydrogen) atoms. The summed E-state index contributed by atoms with van der Waals surface area (Å²) >= 11 is 0. The number of hydrogen-bond donors (Lipinski definition) is 2. The number of nitrogens with one attached hydrogen (secondary N) is 1. The highest BCUT2D eigenvalue weighted by Gasteiger charge is 2.31. The number of aromatic nitrogens is 1. The maximum Gasteiger partial charge on any atom is 0.130 e. The zero-order valence-corrected chi connectivity index (χ0v) is 12.5. The zero-order chi connectivity index (χ0) is 15.1. The van der Waals surface area contributed by atoms with Gasteiger partial charge in [0, 0.05) is 11.8 Å². The van der Waals surface area contributed by atoms with E-state index in [2.05, 4.69) is 36.5 Å². The molecule has 0 saturated carbocycles. The number of para-hydroxylation sites is 1. The van der Waals surface area contributed by atoms with Crippen molar-refractivity contribution in [3.63, 3.8) is 0 Å². The number of aliphatic hydroxyl groups is 1. The van der Waals surface area contributed by atoms with E-state index in [9.17, 15) is 5.11 Å². The van der Waals surface area contributed by atoms with Crippen LogP contribution in [-0.2, 0) is 6.42 Å². The molecule has 2 atom stereocenters. The van der Waals surface area contributed by atoms with Gasteiger partial charge in [0.25, 0.3) is 0 Å². The van der Waals surface area contributed by atoms with Gasteiger partial charge in [-0.2, -0.15) is 0 Å². The minimum absolute atomic E-state index is 0.0939. The van der Waals surface area contributed by atoms with E-state index in [0.29, 0.717) is 6.42 Å². The summed E-state index contributed by atoms with van der Waals surface area (Å²) in [6.45, 7) is 2.05. The van der Waals surface area contributed by atoms with Crippen molar-refractivity contribution >= 4 is 16.7 Å². The van der Waals surface area contributed by atoms with Gasteiger partial charge in [-0.15, -0.1) is 0 Å². The minimum atomic E-state index is -0.412. The third kappa shape index (κ3) is 2.14. The Morgan fingerprint density at radius 3 is 2.77 bits per heavy atom. The van der Waals surface area contributed by atoms with E-state index in [1.807, 2.05) is 30.3 Å². The van der Waals surface area contributed by atoms with E-state index in [1.165, 1.54) is 11.1 Å². The van der Waals surface area contributed by atoms with Gasteiger partial charge in [0.05, 0.1) is 17.7 Å². The Hall–Kier alpha value is -2.39. The van der Waals surface area contributed by atoms with Gasteiger partial charge < -0.3 is 10.4 Å². The number of nitrogens with zero attached hydrogens (tertiary/aromatic N) is 1. The maximum absolute atomic E-state index is 10.4. The quantitative estimate of drug-likeness (QED) is 0.758. The fourth-order valence-electron chi connectivity index (χ4n) is 3.26. The lowest BCUT2D eigenvalue weighted by atomic mass is 10.1. The van der Waals surface area contributed by atoms with Crippen LogP contribution in [-0.4, -0.2) is 16.2 Å². The van der Waals surface area contributed by atoms with Crippen molar-refractivity contribution in [2.24, 2.45) is 0 Å². The Morgan fingerprint density at radius 1 is 1.09 bits per heavy atom. The van der Waals surface area contributed by atoms with E-state index in [4.69, 9.17) is 4.98 Å². The summed E-state index contributed by atoms with van der Waals surface area (Å²) in [5.41, 5.74) is 4.45. The molecule has 1 aliphatic rings. The van der Waals surface area contributed by atoms with Gasteiger partial charge in [-0.05, 0) is 35.7 Å². The monoisotopic (exact) mass is 290 g/mol. The first-order valence-electron chi connectivity index (χ1n) is 7.61. The molecule has 1 aromatic heterocycles. The number of aliphatic hydroxyl groups excluding tert-OH is 1. The summed E-state index contributed by atoms with van der Waals surface area (Å²) in [4.78, 5) is 4.72. The molecule has 1 aliphatic carbocycles. The van der Waals surface area contributed by atoms with Crippen LogP contribution in [0.5, 0.6) is 0 Å². The molecule has 0 amide bonds. The highest BCUT2D eigenvalue weighted by atomic mass is 16.3. The summed E-state index contributed by atoms with van der Waals surface area (Å²) in [6, 6.07) is 18.3. The standard InChI is InChI=1S/C19H18N2O/c1-12-10-14-7-3-5-9-16(14)20-19(12)21-18-15-8-4-2-6-13(15)11-17(18)22/h2-10,17-18,22H,11H2,1H3,(H,20,21)/t17-,18+/m1/s1. The molecular formula is C19H18N2O. The molecule has 0 aliphatic heterocycles. The van der Waals surface area contributed by atoms with Crippen LogP contribution in [0.15, 0.2) is 54.6 Å². The number of pyridine rings is 1. The molecule has 4 rings (SSSR count). The van der Waals surface area contributed by atoms with Crippen molar-refractivity contribution < 1.29 is 5.11 Å². The van der Waals surface area contributed by atoms with Gasteiger partial charge in [-0.25, -0.2) is 4.98 Å². The molecule has 110 valence electrons. The smallest absolute Gasteiger partial charge is 0.130 e. The maximum atomic E-state index is 10.4. The van der Waals surface area contributed by atoms with E-state index in [1.54, 1.807) is 0 Å². The third-order valence-electron chi connectivity index (χ3n) is 4.41. The lowest BCUT2D eigenvalue weighted by Gasteiger charge is -2.20. The minimum Gasteiger partial charge on any atom is -0.390 e. The number of rotatable bonds is 2. The second-order valence-electron chi connectivity index (χ2n) is 5.94. The number of anilines is 1. The zero-order valence-electron chi connectivity index (χ0n) is 12.5. The van der Waals surface area contributed by atoms with Crippen LogP contribution >= 0.6 is 0 Å². The van der Waals surface area contributed by atoms with Gasteiger partial charge in [0.15, 0.2) is 0 Å². The van der Waals surface area contributed by atoms with Gasteiger partial charge >= 0.3 is 0 Å². The summed E-state index contributed by atoms with van der Waals surface area (Å²) in [6.07, 6.45) is 0.283. The Labute approximate surface area is 129 Å². The van der Waals surface area contributed by atoms with Crippen molar-refractivity contribution in [2.75, 3.05) is 5.32 Å². The van der Waals surface area contributed by atoms with Gasteiger partial charge in [0.1, 0.15) is 5.82 Å². The van der Waals surface area contributed by atoms with Gasteiger partial charge in [-0.1, -0.05) is 42.5 Å². The average Bonchev–Trinajstić information content (AvgIpc) is 2.84. The van der Waals surface area contributed by atoms with Crippen molar-refractivity contribution in [3.8, 4) is 0 Å². The Kier molecular flexibility index (Phi) is 3.09. The van der Waals surface area contributed by atoms with Crippen molar-refractivity contribution in [1.29, 1.82) is 0 Å². The first kappa shape index (κ1) is 13.3. The van der Waals surface area contributed by atoms with Crippen LogP contribution in [0.1, 0.15) is 22.7 Å². The lowest BCUT2D eigenvalue weighted by Crippen LogP contribution is -2.22. The highest BCUT2D eigenvalue weighted by Crippen LogP contribution is 2.34. The predicted octanol–water partition coefficient (Wildman–Crippen LogP) is 3.61. The fraction of sp³-hybridized carbons (Fsp3) is 0.211. The molecule has 2 N–H and O–H groups in total. The number of aryl methyl sites for hydroxylation is 1. The van der Waals surface area contributed by atoms with E-state index in [-0.39, 0.29) is 6.04 Å².